The Balaban J connectivity index is 1.75. The number of hydrogen-bond acceptors (Lipinski definition) is 1. The van der Waals surface area contributed by atoms with Crippen LogP contribution in [-0.4, -0.2) is 0 Å². The number of hydrogen-bond donors (Lipinski definition) is 0. The summed E-state index contributed by atoms with van der Waals surface area (Å²) in [5, 5.41) is 0. The van der Waals surface area contributed by atoms with Gasteiger partial charge in [-0.2, -0.15) is 0 Å². The lowest BCUT2D eigenvalue weighted by Gasteiger charge is -2.61. The minimum Gasteiger partial charge on any atom is -0.469 e. The fraction of sp³-hybridized carbons (Fsp3) is 0.800. The van der Waals surface area contributed by atoms with Gasteiger partial charge in [0, 0.05) is 6.42 Å². The van der Waals surface area contributed by atoms with Crippen LogP contribution in [0.1, 0.15) is 77.0 Å². The van der Waals surface area contributed by atoms with Gasteiger partial charge in [-0.3, -0.25) is 0 Å². The highest BCUT2D eigenvalue weighted by Gasteiger charge is 2.56. The summed E-state index contributed by atoms with van der Waals surface area (Å²) in [6.45, 7) is 10.1. The summed E-state index contributed by atoms with van der Waals surface area (Å²) in [5.74, 6) is 4.62. The van der Waals surface area contributed by atoms with Crippen molar-refractivity contribution in [2.45, 2.75) is 72.1 Å². The molecule has 0 unspecified atom stereocenters. The number of rotatable bonds is 0. The molecule has 1 aromatic rings. The van der Waals surface area contributed by atoms with Gasteiger partial charge in [-0.05, 0) is 71.8 Å². The summed E-state index contributed by atoms with van der Waals surface area (Å²) in [4.78, 5) is 0. The summed E-state index contributed by atoms with van der Waals surface area (Å²) >= 11 is 0. The van der Waals surface area contributed by atoms with E-state index in [1.807, 2.05) is 6.26 Å². The minimum atomic E-state index is 0.531. The second kappa shape index (κ2) is 4.40. The van der Waals surface area contributed by atoms with Gasteiger partial charge in [0.1, 0.15) is 5.76 Å². The van der Waals surface area contributed by atoms with Crippen LogP contribution >= 0.6 is 0 Å². The van der Waals surface area contributed by atoms with E-state index in [9.17, 15) is 0 Å². The lowest BCUT2D eigenvalue weighted by Crippen LogP contribution is -2.53. The van der Waals surface area contributed by atoms with Crippen LogP contribution in [0.5, 0.6) is 0 Å². The summed E-state index contributed by atoms with van der Waals surface area (Å²) in [6.07, 6.45) is 10.3. The van der Waals surface area contributed by atoms with Crippen LogP contribution in [0.15, 0.2) is 16.7 Å². The molecular formula is C20H30O. The summed E-state index contributed by atoms with van der Waals surface area (Å²) in [7, 11) is 0. The van der Waals surface area contributed by atoms with Gasteiger partial charge in [0.15, 0.2) is 0 Å². The van der Waals surface area contributed by atoms with Gasteiger partial charge in [0.25, 0.3) is 0 Å². The molecule has 0 aromatic carbocycles. The molecule has 2 saturated carbocycles. The molecule has 0 radical (unpaired) electrons. The molecule has 0 aliphatic heterocycles. The normalized spacial score (nSPS) is 44.6. The topological polar surface area (TPSA) is 13.1 Å². The van der Waals surface area contributed by atoms with E-state index < -0.39 is 0 Å². The van der Waals surface area contributed by atoms with Crippen LogP contribution in [0.25, 0.3) is 0 Å². The van der Waals surface area contributed by atoms with Crippen LogP contribution in [0.2, 0.25) is 0 Å². The molecule has 1 aromatic heterocycles. The predicted molar refractivity (Wildman–Crippen MR) is 86.3 cm³/mol. The third kappa shape index (κ3) is 1.82. The van der Waals surface area contributed by atoms with E-state index in [1.54, 1.807) is 0 Å². The molecular weight excluding hydrogens is 256 g/mol. The summed E-state index contributed by atoms with van der Waals surface area (Å²) < 4.78 is 5.85. The number of fused-ring (bicyclic) bond motifs is 4. The van der Waals surface area contributed by atoms with Crippen molar-refractivity contribution in [1.82, 2.24) is 0 Å². The highest BCUT2D eigenvalue weighted by atomic mass is 16.3. The fourth-order valence-corrected chi connectivity index (χ4v) is 6.72. The zero-order chi connectivity index (χ0) is 14.8. The Bertz CT molecular complexity index is 540. The lowest BCUT2D eigenvalue weighted by atomic mass is 9.44. The van der Waals surface area contributed by atoms with E-state index in [1.165, 1.54) is 49.8 Å². The van der Waals surface area contributed by atoms with Gasteiger partial charge in [-0.15, -0.1) is 0 Å². The van der Waals surface area contributed by atoms with E-state index in [2.05, 4.69) is 33.8 Å². The summed E-state index contributed by atoms with van der Waals surface area (Å²) in [5.41, 5.74) is 2.57. The maximum absolute atomic E-state index is 5.85. The Morgan fingerprint density at radius 2 is 1.95 bits per heavy atom. The molecule has 0 N–H and O–H groups in total. The van der Waals surface area contributed by atoms with Crippen molar-refractivity contribution in [3.05, 3.63) is 23.7 Å². The first-order valence-electron chi connectivity index (χ1n) is 9.00. The van der Waals surface area contributed by atoms with Crippen LogP contribution < -0.4 is 0 Å². The molecule has 3 aliphatic carbocycles. The second-order valence-electron chi connectivity index (χ2n) is 9.04. The molecule has 2 fully saturated rings. The van der Waals surface area contributed by atoms with Crippen molar-refractivity contribution in [2.24, 2.45) is 28.6 Å². The Hall–Kier alpha value is -0.720. The smallest absolute Gasteiger partial charge is 0.107 e. The van der Waals surface area contributed by atoms with Crippen molar-refractivity contribution in [3.8, 4) is 0 Å². The Morgan fingerprint density at radius 1 is 1.14 bits per heavy atom. The van der Waals surface area contributed by atoms with E-state index in [-0.39, 0.29) is 0 Å². The third-order valence-corrected chi connectivity index (χ3v) is 7.75. The van der Waals surface area contributed by atoms with Crippen molar-refractivity contribution in [1.29, 1.82) is 0 Å². The molecule has 0 amide bonds. The molecule has 4 rings (SSSR count). The second-order valence-corrected chi connectivity index (χ2v) is 9.04. The SMILES string of the molecule is C[C@H]1c2ccoc2C[C@H]2[C@@H]1CC[C@H]1C(C)(C)CCC[C@]21C. The molecule has 21 heavy (non-hydrogen) atoms. The minimum absolute atomic E-state index is 0.531. The van der Waals surface area contributed by atoms with Gasteiger partial charge in [-0.25, -0.2) is 0 Å². The Labute approximate surface area is 129 Å². The van der Waals surface area contributed by atoms with E-state index >= 15 is 0 Å². The fourth-order valence-electron chi connectivity index (χ4n) is 6.72. The van der Waals surface area contributed by atoms with E-state index in [0.717, 1.165) is 17.8 Å². The molecule has 3 aliphatic rings. The number of furan rings is 1. The zero-order valence-electron chi connectivity index (χ0n) is 14.1. The van der Waals surface area contributed by atoms with Crippen LogP contribution in [0.4, 0.5) is 0 Å². The first-order chi connectivity index (χ1) is 9.93. The molecule has 0 saturated heterocycles. The van der Waals surface area contributed by atoms with Crippen molar-refractivity contribution in [2.75, 3.05) is 0 Å². The predicted octanol–water partition coefficient (Wildman–Crippen LogP) is 5.80. The van der Waals surface area contributed by atoms with Gasteiger partial charge in [0.2, 0.25) is 0 Å². The highest BCUT2D eigenvalue weighted by molar-refractivity contribution is 5.28. The van der Waals surface area contributed by atoms with Crippen LogP contribution in [0, 0.1) is 28.6 Å². The molecule has 0 bridgehead atoms. The van der Waals surface area contributed by atoms with Gasteiger partial charge < -0.3 is 4.42 Å². The van der Waals surface area contributed by atoms with E-state index in [0.29, 0.717) is 16.7 Å². The zero-order valence-corrected chi connectivity index (χ0v) is 14.1. The van der Waals surface area contributed by atoms with Crippen molar-refractivity contribution in [3.63, 3.8) is 0 Å². The first kappa shape index (κ1) is 13.9. The monoisotopic (exact) mass is 286 g/mol. The third-order valence-electron chi connectivity index (χ3n) is 7.75. The average Bonchev–Trinajstić information content (AvgIpc) is 2.87. The first-order valence-corrected chi connectivity index (χ1v) is 9.00. The Kier molecular flexibility index (Phi) is 2.91. The van der Waals surface area contributed by atoms with Gasteiger partial charge >= 0.3 is 0 Å². The van der Waals surface area contributed by atoms with Gasteiger partial charge in [-0.1, -0.05) is 34.1 Å². The molecule has 0 spiro atoms. The Morgan fingerprint density at radius 3 is 2.76 bits per heavy atom. The maximum atomic E-state index is 5.85. The van der Waals surface area contributed by atoms with Crippen LogP contribution in [0.3, 0.4) is 0 Å². The lowest BCUT2D eigenvalue weighted by molar-refractivity contribution is -0.105. The molecule has 1 heteroatoms. The van der Waals surface area contributed by atoms with Crippen molar-refractivity contribution >= 4 is 0 Å². The molecule has 5 atom stereocenters. The van der Waals surface area contributed by atoms with Gasteiger partial charge in [0.05, 0.1) is 6.26 Å². The standard InChI is InChI=1S/C20H30O/c1-13-14-6-7-18-19(2,3)9-5-10-20(18,4)16(14)12-17-15(13)8-11-21-17/h8,11,13-14,16,18H,5-7,9-10,12H2,1-4H3/t13-,14-,16+,18+,20-/m1/s1. The quantitative estimate of drug-likeness (QED) is 0.587. The molecule has 116 valence electrons. The highest BCUT2D eigenvalue weighted by Crippen LogP contribution is 2.64. The van der Waals surface area contributed by atoms with E-state index in [4.69, 9.17) is 4.42 Å². The molecule has 1 heterocycles. The largest absolute Gasteiger partial charge is 0.469 e. The van der Waals surface area contributed by atoms with Crippen molar-refractivity contribution < 1.29 is 4.42 Å². The summed E-state index contributed by atoms with van der Waals surface area (Å²) in [6, 6.07) is 2.23. The van der Waals surface area contributed by atoms with Crippen LogP contribution in [-0.2, 0) is 6.42 Å². The molecule has 1 nitrogen and oxygen atoms in total. The maximum Gasteiger partial charge on any atom is 0.107 e. The average molecular weight is 286 g/mol.